The molecular weight excluding hydrogens is 406 g/mol. The van der Waals surface area contributed by atoms with Crippen molar-refractivity contribution in [3.05, 3.63) is 64.2 Å². The molecule has 8 heteroatoms. The third kappa shape index (κ3) is 5.04. The first-order chi connectivity index (χ1) is 14.4. The van der Waals surface area contributed by atoms with Crippen LogP contribution in [0.25, 0.3) is 0 Å². The molecule has 0 saturated carbocycles. The van der Waals surface area contributed by atoms with Gasteiger partial charge in [0.2, 0.25) is 11.8 Å². The number of carbonyl (C=O) groups is 4. The standard InChI is InChI=1S/C22H22ClN3O4/c1-2-11-24-22(30)17-8-7-16(23)12-18(17)25-21(29)15-5-3-14(4-6-15)13-26-19(27)9-10-20(26)28/h3-8,12H,2,9-11,13H2,1H3,(H,24,30)(H,25,29). The quantitative estimate of drug-likeness (QED) is 0.662. The molecule has 3 rings (SSSR count). The first kappa shape index (κ1) is 21.5. The van der Waals surface area contributed by atoms with E-state index in [1.165, 1.54) is 11.0 Å². The van der Waals surface area contributed by atoms with Crippen molar-refractivity contribution >= 4 is 40.9 Å². The monoisotopic (exact) mass is 427 g/mol. The van der Waals surface area contributed by atoms with Gasteiger partial charge in [-0.2, -0.15) is 0 Å². The zero-order valence-electron chi connectivity index (χ0n) is 16.5. The Kier molecular flexibility index (Phi) is 6.84. The van der Waals surface area contributed by atoms with E-state index >= 15 is 0 Å². The summed E-state index contributed by atoms with van der Waals surface area (Å²) in [5.41, 5.74) is 1.76. The maximum atomic E-state index is 12.7. The Morgan fingerprint density at radius 1 is 1.00 bits per heavy atom. The molecule has 0 radical (unpaired) electrons. The smallest absolute Gasteiger partial charge is 0.255 e. The van der Waals surface area contributed by atoms with Crippen molar-refractivity contribution in [2.45, 2.75) is 32.7 Å². The molecule has 0 spiro atoms. The zero-order chi connectivity index (χ0) is 21.7. The highest BCUT2D eigenvalue weighted by atomic mass is 35.5. The molecule has 0 aliphatic carbocycles. The molecule has 30 heavy (non-hydrogen) atoms. The van der Waals surface area contributed by atoms with Crippen LogP contribution >= 0.6 is 11.6 Å². The number of rotatable bonds is 7. The molecule has 1 aliphatic heterocycles. The number of hydrogen-bond acceptors (Lipinski definition) is 4. The summed E-state index contributed by atoms with van der Waals surface area (Å²) in [6.45, 7) is 2.66. The molecule has 7 nitrogen and oxygen atoms in total. The molecule has 0 bridgehead atoms. The van der Waals surface area contributed by atoms with E-state index in [1.807, 2.05) is 6.92 Å². The molecule has 1 saturated heterocycles. The summed E-state index contributed by atoms with van der Waals surface area (Å²) in [5, 5.41) is 5.90. The average Bonchev–Trinajstić information content (AvgIpc) is 3.04. The van der Waals surface area contributed by atoms with E-state index in [4.69, 9.17) is 11.6 Å². The molecule has 0 unspecified atom stereocenters. The summed E-state index contributed by atoms with van der Waals surface area (Å²) in [6.07, 6.45) is 1.28. The lowest BCUT2D eigenvalue weighted by molar-refractivity contribution is -0.139. The van der Waals surface area contributed by atoms with Crippen molar-refractivity contribution in [3.8, 4) is 0 Å². The average molecular weight is 428 g/mol. The summed E-state index contributed by atoms with van der Waals surface area (Å²) >= 11 is 6.04. The molecule has 1 heterocycles. The molecular formula is C22H22ClN3O4. The fraction of sp³-hybridized carbons (Fsp3) is 0.273. The Labute approximate surface area is 179 Å². The number of carbonyl (C=O) groups excluding carboxylic acids is 4. The highest BCUT2D eigenvalue weighted by Gasteiger charge is 2.28. The highest BCUT2D eigenvalue weighted by molar-refractivity contribution is 6.31. The van der Waals surface area contributed by atoms with E-state index in [2.05, 4.69) is 10.6 Å². The SMILES string of the molecule is CCCNC(=O)c1ccc(Cl)cc1NC(=O)c1ccc(CN2C(=O)CCC2=O)cc1. The van der Waals surface area contributed by atoms with Crippen molar-refractivity contribution < 1.29 is 19.2 Å². The van der Waals surface area contributed by atoms with E-state index in [9.17, 15) is 19.2 Å². The van der Waals surface area contributed by atoms with Crippen LogP contribution in [0, 0.1) is 0 Å². The Balaban J connectivity index is 1.72. The van der Waals surface area contributed by atoms with Gasteiger partial charge in [-0.25, -0.2) is 0 Å². The fourth-order valence-corrected chi connectivity index (χ4v) is 3.26. The van der Waals surface area contributed by atoms with Gasteiger partial charge in [-0.3, -0.25) is 24.1 Å². The predicted molar refractivity (Wildman–Crippen MR) is 113 cm³/mol. The number of nitrogens with one attached hydrogen (secondary N) is 2. The van der Waals surface area contributed by atoms with Crippen LogP contribution < -0.4 is 10.6 Å². The topological polar surface area (TPSA) is 95.6 Å². The van der Waals surface area contributed by atoms with Crippen molar-refractivity contribution in [1.29, 1.82) is 0 Å². The third-order valence-electron chi connectivity index (χ3n) is 4.72. The number of anilines is 1. The largest absolute Gasteiger partial charge is 0.352 e. The molecule has 156 valence electrons. The van der Waals surface area contributed by atoms with Gasteiger partial charge in [0.15, 0.2) is 0 Å². The van der Waals surface area contributed by atoms with Crippen LogP contribution in [0.1, 0.15) is 52.5 Å². The predicted octanol–water partition coefficient (Wildman–Crippen LogP) is 3.38. The van der Waals surface area contributed by atoms with E-state index in [-0.39, 0.29) is 37.1 Å². The molecule has 0 aromatic heterocycles. The minimum absolute atomic E-state index is 0.184. The normalized spacial score (nSPS) is 13.5. The minimum Gasteiger partial charge on any atom is -0.352 e. The van der Waals surface area contributed by atoms with Gasteiger partial charge in [0.1, 0.15) is 0 Å². The first-order valence-electron chi connectivity index (χ1n) is 9.70. The summed E-state index contributed by atoms with van der Waals surface area (Å²) in [5.74, 6) is -1.06. The number of halogens is 1. The number of likely N-dealkylation sites (tertiary alicyclic amines) is 1. The fourth-order valence-electron chi connectivity index (χ4n) is 3.09. The second kappa shape index (κ2) is 9.54. The molecule has 4 amide bonds. The minimum atomic E-state index is -0.401. The highest BCUT2D eigenvalue weighted by Crippen LogP contribution is 2.22. The summed E-state index contributed by atoms with van der Waals surface area (Å²) in [6, 6.07) is 11.3. The number of amides is 4. The summed E-state index contributed by atoms with van der Waals surface area (Å²) in [4.78, 5) is 49.7. The van der Waals surface area contributed by atoms with Crippen LogP contribution in [0.3, 0.4) is 0 Å². The Bertz CT molecular complexity index is 972. The van der Waals surface area contributed by atoms with Crippen LogP contribution in [0.2, 0.25) is 5.02 Å². The Hall–Kier alpha value is -3.19. The van der Waals surface area contributed by atoms with Crippen LogP contribution in [-0.4, -0.2) is 35.1 Å². The number of benzene rings is 2. The molecule has 2 aromatic rings. The first-order valence-corrected chi connectivity index (χ1v) is 10.1. The van der Waals surface area contributed by atoms with Gasteiger partial charge in [-0.1, -0.05) is 30.7 Å². The van der Waals surface area contributed by atoms with Crippen LogP contribution in [0.4, 0.5) is 5.69 Å². The third-order valence-corrected chi connectivity index (χ3v) is 4.96. The lowest BCUT2D eigenvalue weighted by atomic mass is 10.1. The lowest BCUT2D eigenvalue weighted by Crippen LogP contribution is -2.28. The maximum absolute atomic E-state index is 12.7. The van der Waals surface area contributed by atoms with E-state index in [1.54, 1.807) is 36.4 Å². The zero-order valence-corrected chi connectivity index (χ0v) is 17.3. The van der Waals surface area contributed by atoms with Gasteiger partial charge in [-0.05, 0) is 42.3 Å². The van der Waals surface area contributed by atoms with Gasteiger partial charge >= 0.3 is 0 Å². The summed E-state index contributed by atoms with van der Waals surface area (Å²) < 4.78 is 0. The van der Waals surface area contributed by atoms with Crippen molar-refractivity contribution in [2.75, 3.05) is 11.9 Å². The van der Waals surface area contributed by atoms with Gasteiger partial charge < -0.3 is 10.6 Å². The van der Waals surface area contributed by atoms with Crippen LogP contribution in [0.5, 0.6) is 0 Å². The van der Waals surface area contributed by atoms with E-state index in [0.29, 0.717) is 28.4 Å². The van der Waals surface area contributed by atoms with Gasteiger partial charge in [0.25, 0.3) is 11.8 Å². The molecule has 1 aliphatic rings. The van der Waals surface area contributed by atoms with Gasteiger partial charge in [-0.15, -0.1) is 0 Å². The number of imide groups is 1. The second-order valence-corrected chi connectivity index (χ2v) is 7.41. The number of hydrogen-bond donors (Lipinski definition) is 2. The molecule has 0 atom stereocenters. The molecule has 2 N–H and O–H groups in total. The Morgan fingerprint density at radius 2 is 1.67 bits per heavy atom. The van der Waals surface area contributed by atoms with E-state index < -0.39 is 5.91 Å². The van der Waals surface area contributed by atoms with Crippen molar-refractivity contribution in [3.63, 3.8) is 0 Å². The molecule has 1 fully saturated rings. The Morgan fingerprint density at radius 3 is 2.30 bits per heavy atom. The van der Waals surface area contributed by atoms with Gasteiger partial charge in [0.05, 0.1) is 17.8 Å². The lowest BCUT2D eigenvalue weighted by Gasteiger charge is -2.14. The summed E-state index contributed by atoms with van der Waals surface area (Å²) in [7, 11) is 0. The van der Waals surface area contributed by atoms with Crippen LogP contribution in [0.15, 0.2) is 42.5 Å². The van der Waals surface area contributed by atoms with Gasteiger partial charge in [0, 0.05) is 30.0 Å². The molecule has 2 aromatic carbocycles. The number of nitrogens with zero attached hydrogens (tertiary/aromatic N) is 1. The van der Waals surface area contributed by atoms with Crippen molar-refractivity contribution in [2.24, 2.45) is 0 Å². The maximum Gasteiger partial charge on any atom is 0.255 e. The van der Waals surface area contributed by atoms with Crippen LogP contribution in [-0.2, 0) is 16.1 Å². The van der Waals surface area contributed by atoms with E-state index in [0.717, 1.165) is 12.0 Å². The van der Waals surface area contributed by atoms with Crippen molar-refractivity contribution in [1.82, 2.24) is 10.2 Å². The second-order valence-electron chi connectivity index (χ2n) is 6.97.